The Morgan fingerprint density at radius 3 is 2.36 bits per heavy atom. The number of piperidine rings is 1. The Kier molecular flexibility index (Phi) is 4.48. The van der Waals surface area contributed by atoms with Crippen LogP contribution in [0.5, 0.6) is 0 Å². The summed E-state index contributed by atoms with van der Waals surface area (Å²) in [5, 5.41) is 10.4. The fourth-order valence-corrected chi connectivity index (χ4v) is 3.80. The van der Waals surface area contributed by atoms with Crippen molar-refractivity contribution in [2.45, 2.75) is 56.5 Å². The number of amides is 1. The van der Waals surface area contributed by atoms with E-state index in [1.807, 2.05) is 17.0 Å². The lowest BCUT2D eigenvalue weighted by Gasteiger charge is -2.34. The van der Waals surface area contributed by atoms with Gasteiger partial charge in [0.15, 0.2) is 0 Å². The molecule has 0 bridgehead atoms. The average Bonchev–Trinajstić information content (AvgIpc) is 2.94. The zero-order chi connectivity index (χ0) is 15.6. The van der Waals surface area contributed by atoms with Crippen molar-refractivity contribution in [1.82, 2.24) is 4.90 Å². The Hall–Kier alpha value is -1.42. The van der Waals surface area contributed by atoms with Gasteiger partial charge in [-0.05, 0) is 49.3 Å². The Morgan fingerprint density at radius 1 is 1.18 bits per heavy atom. The Morgan fingerprint density at radius 2 is 1.77 bits per heavy atom. The van der Waals surface area contributed by atoms with Gasteiger partial charge in [-0.2, -0.15) is 0 Å². The van der Waals surface area contributed by atoms with E-state index in [1.165, 1.54) is 12.1 Å². The molecule has 120 valence electrons. The topological polar surface area (TPSA) is 40.5 Å². The molecule has 0 unspecified atom stereocenters. The molecule has 0 atom stereocenters. The fraction of sp³-hybridized carbons (Fsp3) is 0.611. The third-order valence-corrected chi connectivity index (χ3v) is 5.20. The van der Waals surface area contributed by atoms with Crippen LogP contribution >= 0.6 is 0 Å². The second kappa shape index (κ2) is 6.37. The van der Waals surface area contributed by atoms with E-state index in [-0.39, 0.29) is 18.1 Å². The van der Waals surface area contributed by atoms with E-state index in [0.29, 0.717) is 5.92 Å². The van der Waals surface area contributed by atoms with Gasteiger partial charge >= 0.3 is 0 Å². The van der Waals surface area contributed by atoms with Crippen molar-refractivity contribution in [3.63, 3.8) is 0 Å². The van der Waals surface area contributed by atoms with Crippen molar-refractivity contribution in [2.75, 3.05) is 13.1 Å². The van der Waals surface area contributed by atoms with Crippen molar-refractivity contribution in [1.29, 1.82) is 0 Å². The van der Waals surface area contributed by atoms with Gasteiger partial charge in [-0.3, -0.25) is 4.79 Å². The molecule has 4 heteroatoms. The molecule has 3 nitrogen and oxygen atoms in total. The maximum absolute atomic E-state index is 13.0. The first-order valence-electron chi connectivity index (χ1n) is 8.31. The quantitative estimate of drug-likeness (QED) is 0.931. The summed E-state index contributed by atoms with van der Waals surface area (Å²) >= 11 is 0. The molecule has 2 aliphatic rings. The van der Waals surface area contributed by atoms with Crippen molar-refractivity contribution in [3.05, 3.63) is 35.6 Å². The zero-order valence-corrected chi connectivity index (χ0v) is 12.9. The molecular weight excluding hydrogens is 281 g/mol. The summed E-state index contributed by atoms with van der Waals surface area (Å²) in [7, 11) is 0. The summed E-state index contributed by atoms with van der Waals surface area (Å²) in [5.74, 6) is 0.280. The van der Waals surface area contributed by atoms with Crippen LogP contribution in [0.2, 0.25) is 0 Å². The Labute approximate surface area is 131 Å². The van der Waals surface area contributed by atoms with Gasteiger partial charge in [-0.25, -0.2) is 4.39 Å². The van der Waals surface area contributed by atoms with Gasteiger partial charge in [0.2, 0.25) is 5.91 Å². The van der Waals surface area contributed by atoms with Crippen molar-refractivity contribution >= 4 is 5.91 Å². The van der Waals surface area contributed by atoms with E-state index in [9.17, 15) is 14.3 Å². The van der Waals surface area contributed by atoms with Gasteiger partial charge < -0.3 is 10.0 Å². The molecular formula is C18H24FNO2. The molecule has 1 saturated carbocycles. The molecule has 1 aromatic carbocycles. The van der Waals surface area contributed by atoms with Crippen LogP contribution in [0, 0.1) is 5.82 Å². The predicted octanol–water partition coefficient (Wildman–Crippen LogP) is 3.23. The Bertz CT molecular complexity index is 514. The van der Waals surface area contributed by atoms with E-state index in [0.717, 1.165) is 57.2 Å². The molecule has 1 aromatic rings. The van der Waals surface area contributed by atoms with Gasteiger partial charge in [0.1, 0.15) is 5.82 Å². The summed E-state index contributed by atoms with van der Waals surface area (Å²) in [5.41, 5.74) is 0.396. The molecule has 1 heterocycles. The molecule has 1 aliphatic heterocycles. The molecule has 1 saturated heterocycles. The molecule has 1 amide bonds. The summed E-state index contributed by atoms with van der Waals surface area (Å²) < 4.78 is 13.0. The number of carbonyl (C=O) groups is 1. The first-order chi connectivity index (χ1) is 10.6. The summed E-state index contributed by atoms with van der Waals surface area (Å²) in [6.45, 7) is 1.47. The lowest BCUT2D eigenvalue weighted by molar-refractivity contribution is -0.137. The second-order valence-corrected chi connectivity index (χ2v) is 6.81. The number of carbonyl (C=O) groups excluding carboxylic acids is 1. The number of hydrogen-bond acceptors (Lipinski definition) is 2. The highest BCUT2D eigenvalue weighted by Crippen LogP contribution is 2.34. The molecule has 0 spiro atoms. The minimum absolute atomic E-state index is 0.0851. The summed E-state index contributed by atoms with van der Waals surface area (Å²) in [4.78, 5) is 14.2. The van der Waals surface area contributed by atoms with Crippen LogP contribution < -0.4 is 0 Å². The van der Waals surface area contributed by atoms with Crippen LogP contribution in [0.4, 0.5) is 4.39 Å². The van der Waals surface area contributed by atoms with E-state index in [4.69, 9.17) is 0 Å². The lowest BCUT2D eigenvalue weighted by atomic mass is 9.89. The first kappa shape index (κ1) is 15.5. The number of nitrogens with zero attached hydrogens (tertiary/aromatic N) is 1. The van der Waals surface area contributed by atoms with Crippen LogP contribution in [-0.4, -0.2) is 34.6 Å². The minimum atomic E-state index is -0.759. The number of likely N-dealkylation sites (tertiary alicyclic amines) is 1. The fourth-order valence-electron chi connectivity index (χ4n) is 3.80. The van der Waals surface area contributed by atoms with Gasteiger partial charge in [0.25, 0.3) is 0 Å². The predicted molar refractivity (Wildman–Crippen MR) is 83.0 cm³/mol. The molecule has 3 rings (SSSR count). The first-order valence-corrected chi connectivity index (χ1v) is 8.31. The maximum Gasteiger partial charge on any atom is 0.225 e. The SMILES string of the molecule is O=C(CC1(O)CCCC1)N1CCC(c2ccc(F)cc2)CC1. The number of aliphatic hydroxyl groups is 1. The molecule has 2 fully saturated rings. The third-order valence-electron chi connectivity index (χ3n) is 5.20. The highest BCUT2D eigenvalue weighted by atomic mass is 19.1. The van der Waals surface area contributed by atoms with E-state index >= 15 is 0 Å². The largest absolute Gasteiger partial charge is 0.389 e. The van der Waals surface area contributed by atoms with Crippen molar-refractivity contribution in [3.8, 4) is 0 Å². The van der Waals surface area contributed by atoms with Crippen LogP contribution in [-0.2, 0) is 4.79 Å². The molecule has 0 radical (unpaired) electrons. The number of hydrogen-bond donors (Lipinski definition) is 1. The van der Waals surface area contributed by atoms with E-state index in [2.05, 4.69) is 0 Å². The standard InChI is InChI=1S/C18H24FNO2/c19-16-5-3-14(4-6-16)15-7-11-20(12-8-15)17(21)13-18(22)9-1-2-10-18/h3-6,15,22H,1-2,7-13H2. The monoisotopic (exact) mass is 305 g/mol. The Balaban J connectivity index is 1.52. The molecule has 1 N–H and O–H groups in total. The summed E-state index contributed by atoms with van der Waals surface area (Å²) in [6.07, 6.45) is 5.65. The zero-order valence-electron chi connectivity index (χ0n) is 12.9. The van der Waals surface area contributed by atoms with Crippen LogP contribution in [0.25, 0.3) is 0 Å². The molecule has 22 heavy (non-hydrogen) atoms. The second-order valence-electron chi connectivity index (χ2n) is 6.81. The van der Waals surface area contributed by atoms with Crippen molar-refractivity contribution < 1.29 is 14.3 Å². The highest BCUT2D eigenvalue weighted by Gasteiger charge is 2.35. The number of rotatable bonds is 3. The van der Waals surface area contributed by atoms with Gasteiger partial charge in [-0.15, -0.1) is 0 Å². The van der Waals surface area contributed by atoms with Gasteiger partial charge in [0.05, 0.1) is 12.0 Å². The third kappa shape index (κ3) is 3.49. The van der Waals surface area contributed by atoms with E-state index in [1.54, 1.807) is 0 Å². The summed E-state index contributed by atoms with van der Waals surface area (Å²) in [6, 6.07) is 6.70. The normalized spacial score (nSPS) is 22.0. The van der Waals surface area contributed by atoms with Crippen LogP contribution in [0.3, 0.4) is 0 Å². The van der Waals surface area contributed by atoms with Crippen LogP contribution in [0.15, 0.2) is 24.3 Å². The molecule has 1 aliphatic carbocycles. The maximum atomic E-state index is 13.0. The van der Waals surface area contributed by atoms with Crippen molar-refractivity contribution in [2.24, 2.45) is 0 Å². The number of halogens is 1. The average molecular weight is 305 g/mol. The van der Waals surface area contributed by atoms with Gasteiger partial charge in [-0.1, -0.05) is 25.0 Å². The van der Waals surface area contributed by atoms with E-state index < -0.39 is 5.60 Å². The van der Waals surface area contributed by atoms with Gasteiger partial charge in [0, 0.05) is 13.1 Å². The minimum Gasteiger partial charge on any atom is -0.389 e. The lowest BCUT2D eigenvalue weighted by Crippen LogP contribution is -2.42. The van der Waals surface area contributed by atoms with Crippen LogP contribution in [0.1, 0.15) is 56.4 Å². The number of benzene rings is 1. The highest BCUT2D eigenvalue weighted by molar-refractivity contribution is 5.77. The molecule has 0 aromatic heterocycles. The smallest absolute Gasteiger partial charge is 0.225 e.